The van der Waals surface area contributed by atoms with Crippen LogP contribution in [0.2, 0.25) is 0 Å². The van der Waals surface area contributed by atoms with Crippen LogP contribution in [0.4, 0.5) is 5.69 Å². The summed E-state index contributed by atoms with van der Waals surface area (Å²) in [5.41, 5.74) is 4.09. The molecule has 1 aromatic carbocycles. The van der Waals surface area contributed by atoms with E-state index in [1.165, 1.54) is 6.07 Å². The number of thioether (sulfide) groups is 1. The number of hydrogen-bond donors (Lipinski definition) is 2. The van der Waals surface area contributed by atoms with Crippen molar-refractivity contribution in [3.63, 3.8) is 0 Å². The van der Waals surface area contributed by atoms with Gasteiger partial charge in [-0.25, -0.2) is 4.68 Å². The molecule has 1 unspecified atom stereocenters. The van der Waals surface area contributed by atoms with Crippen LogP contribution in [0.25, 0.3) is 11.4 Å². The summed E-state index contributed by atoms with van der Waals surface area (Å²) in [6, 6.07) is 6.56. The maximum Gasteiger partial charge on any atom is 0.212 e. The van der Waals surface area contributed by atoms with Gasteiger partial charge >= 0.3 is 0 Å². The van der Waals surface area contributed by atoms with E-state index in [1.54, 1.807) is 34.6 Å². The molecule has 8 heteroatoms. The Morgan fingerprint density at radius 3 is 3.10 bits per heavy atom. The van der Waals surface area contributed by atoms with Crippen LogP contribution in [0.5, 0.6) is 0 Å². The van der Waals surface area contributed by atoms with Crippen LogP contribution >= 0.6 is 11.8 Å². The quantitative estimate of drug-likeness (QED) is 0.661. The summed E-state index contributed by atoms with van der Waals surface area (Å²) in [6.07, 6.45) is 3.98. The van der Waals surface area contributed by atoms with Crippen LogP contribution in [0.1, 0.15) is 6.92 Å². The standard InChI is InChI=1S/C12H12N5O2S/c1-2-4-10-15-16-11(13-14-12(16)20-10)8-5-3-6-9(7-8)17(18)19/h2-7,10,15,18H,1H3/q-1. The van der Waals surface area contributed by atoms with E-state index in [1.807, 2.05) is 19.1 Å². The van der Waals surface area contributed by atoms with Gasteiger partial charge in [-0.3, -0.25) is 5.21 Å². The maximum absolute atomic E-state index is 10.9. The van der Waals surface area contributed by atoms with E-state index in [-0.39, 0.29) is 16.3 Å². The molecule has 1 aliphatic heterocycles. The first-order valence-electron chi connectivity index (χ1n) is 5.97. The van der Waals surface area contributed by atoms with Crippen molar-refractivity contribution in [1.29, 1.82) is 0 Å². The summed E-state index contributed by atoms with van der Waals surface area (Å²) >= 11 is 1.56. The molecule has 1 aromatic heterocycles. The predicted octanol–water partition coefficient (Wildman–Crippen LogP) is 2.19. The number of hydrogen-bond acceptors (Lipinski definition) is 7. The third-order valence-electron chi connectivity index (χ3n) is 2.81. The van der Waals surface area contributed by atoms with Gasteiger partial charge in [0.25, 0.3) is 0 Å². The summed E-state index contributed by atoms with van der Waals surface area (Å²) in [5, 5.41) is 28.8. The molecule has 1 atom stereocenters. The van der Waals surface area contributed by atoms with Crippen molar-refractivity contribution < 1.29 is 5.21 Å². The number of aromatic nitrogens is 3. The molecule has 0 saturated carbocycles. The first-order valence-corrected chi connectivity index (χ1v) is 6.85. The number of fused-ring (bicyclic) bond motifs is 1. The minimum absolute atomic E-state index is 0.112. The minimum atomic E-state index is -0.171. The van der Waals surface area contributed by atoms with Gasteiger partial charge in [0.2, 0.25) is 5.16 Å². The van der Waals surface area contributed by atoms with Gasteiger partial charge in [0.05, 0.1) is 5.69 Å². The lowest BCUT2D eigenvalue weighted by Gasteiger charge is -2.21. The van der Waals surface area contributed by atoms with Crippen molar-refractivity contribution >= 4 is 17.4 Å². The molecular formula is C12H12N5O2S-. The lowest BCUT2D eigenvalue weighted by atomic mass is 10.2. The first kappa shape index (κ1) is 13.0. The van der Waals surface area contributed by atoms with Gasteiger partial charge in [-0.05, 0) is 19.1 Å². The molecule has 0 aliphatic carbocycles. The molecule has 20 heavy (non-hydrogen) atoms. The molecule has 0 spiro atoms. The summed E-state index contributed by atoms with van der Waals surface area (Å²) in [5.74, 6) is 0.600. The van der Waals surface area contributed by atoms with E-state index >= 15 is 0 Å². The van der Waals surface area contributed by atoms with Crippen molar-refractivity contribution in [3.8, 4) is 11.4 Å². The molecular weight excluding hydrogens is 278 g/mol. The lowest BCUT2D eigenvalue weighted by Crippen LogP contribution is -2.17. The smallest absolute Gasteiger partial charge is 0.212 e. The molecule has 2 N–H and O–H groups in total. The second-order valence-corrected chi connectivity index (χ2v) is 5.27. The Balaban J connectivity index is 1.96. The van der Waals surface area contributed by atoms with E-state index < -0.39 is 0 Å². The monoisotopic (exact) mass is 290 g/mol. The Kier molecular flexibility index (Phi) is 3.35. The summed E-state index contributed by atoms with van der Waals surface area (Å²) in [4.78, 5) is 0. The van der Waals surface area contributed by atoms with Crippen molar-refractivity contribution in [1.82, 2.24) is 14.9 Å². The predicted molar refractivity (Wildman–Crippen MR) is 76.9 cm³/mol. The van der Waals surface area contributed by atoms with E-state index in [2.05, 4.69) is 15.6 Å². The molecule has 104 valence electrons. The molecule has 0 bridgehead atoms. The van der Waals surface area contributed by atoms with E-state index in [0.29, 0.717) is 11.4 Å². The van der Waals surface area contributed by atoms with E-state index in [4.69, 9.17) is 5.21 Å². The third-order valence-corrected chi connectivity index (χ3v) is 3.81. The SMILES string of the molecule is CC=CC1Nn2c(nnc2-c2cccc(N([O-])O)c2)S1. The van der Waals surface area contributed by atoms with Crippen molar-refractivity contribution in [2.24, 2.45) is 0 Å². The Hall–Kier alpha value is -2.03. The fraction of sp³-hybridized carbons (Fsp3) is 0.167. The molecule has 0 radical (unpaired) electrons. The van der Waals surface area contributed by atoms with Crippen LogP contribution in [0.15, 0.2) is 41.6 Å². The van der Waals surface area contributed by atoms with Gasteiger partial charge in [0, 0.05) is 5.56 Å². The Morgan fingerprint density at radius 2 is 2.35 bits per heavy atom. The van der Waals surface area contributed by atoms with Gasteiger partial charge < -0.3 is 15.9 Å². The highest BCUT2D eigenvalue weighted by atomic mass is 32.2. The Labute approximate surface area is 119 Å². The van der Waals surface area contributed by atoms with E-state index in [9.17, 15) is 5.21 Å². The molecule has 7 nitrogen and oxygen atoms in total. The van der Waals surface area contributed by atoms with Gasteiger partial charge in [-0.1, -0.05) is 36.0 Å². The highest BCUT2D eigenvalue weighted by Gasteiger charge is 2.25. The second-order valence-electron chi connectivity index (χ2n) is 4.16. The third kappa shape index (κ3) is 2.24. The molecule has 1 aliphatic rings. The number of nitrogens with one attached hydrogen (secondary N) is 1. The van der Waals surface area contributed by atoms with Crippen LogP contribution in [-0.2, 0) is 0 Å². The van der Waals surface area contributed by atoms with Gasteiger partial charge in [-0.2, -0.15) is 0 Å². The number of anilines is 1. The summed E-state index contributed by atoms with van der Waals surface area (Å²) in [6.45, 7) is 1.95. The molecule has 3 rings (SSSR count). The zero-order valence-electron chi connectivity index (χ0n) is 10.6. The molecule has 2 aromatic rings. The molecule has 0 amide bonds. The molecule has 0 fully saturated rings. The summed E-state index contributed by atoms with van der Waals surface area (Å²) in [7, 11) is 0. The fourth-order valence-electron chi connectivity index (χ4n) is 1.94. The largest absolute Gasteiger partial charge is 0.733 e. The number of benzene rings is 1. The zero-order chi connectivity index (χ0) is 14.1. The highest BCUT2D eigenvalue weighted by Crippen LogP contribution is 2.32. The number of allylic oxidation sites excluding steroid dienone is 1. The topological polar surface area (TPSA) is 89.3 Å². The average Bonchev–Trinajstić information content (AvgIpc) is 2.99. The lowest BCUT2D eigenvalue weighted by molar-refractivity contribution is 0.296. The highest BCUT2D eigenvalue weighted by molar-refractivity contribution is 8.00. The van der Waals surface area contributed by atoms with Crippen molar-refractivity contribution in [2.75, 3.05) is 10.7 Å². The van der Waals surface area contributed by atoms with Crippen LogP contribution in [0, 0.1) is 5.21 Å². The molecule has 2 heterocycles. The van der Waals surface area contributed by atoms with Gasteiger partial charge in [-0.15, -0.1) is 10.2 Å². The van der Waals surface area contributed by atoms with Crippen LogP contribution < -0.4 is 10.7 Å². The molecule has 0 saturated heterocycles. The van der Waals surface area contributed by atoms with Crippen molar-refractivity contribution in [2.45, 2.75) is 17.5 Å². The first-order chi connectivity index (χ1) is 9.69. The van der Waals surface area contributed by atoms with Gasteiger partial charge in [0.1, 0.15) is 5.37 Å². The Morgan fingerprint density at radius 1 is 1.50 bits per heavy atom. The number of nitrogens with zero attached hydrogens (tertiary/aromatic N) is 4. The maximum atomic E-state index is 10.9. The second kappa shape index (κ2) is 5.16. The minimum Gasteiger partial charge on any atom is -0.733 e. The normalized spacial score (nSPS) is 17.2. The van der Waals surface area contributed by atoms with Crippen molar-refractivity contribution in [3.05, 3.63) is 41.6 Å². The van der Waals surface area contributed by atoms with Crippen LogP contribution in [-0.4, -0.2) is 25.5 Å². The zero-order valence-corrected chi connectivity index (χ0v) is 11.4. The van der Waals surface area contributed by atoms with Crippen LogP contribution in [0.3, 0.4) is 0 Å². The number of rotatable bonds is 3. The Bertz CT molecular complexity index is 655. The fourth-order valence-corrected chi connectivity index (χ4v) is 2.89. The van der Waals surface area contributed by atoms with Gasteiger partial charge in [0.15, 0.2) is 5.82 Å². The average molecular weight is 290 g/mol. The summed E-state index contributed by atoms with van der Waals surface area (Å²) < 4.78 is 1.78. The van der Waals surface area contributed by atoms with E-state index in [0.717, 1.165) is 5.16 Å².